The summed E-state index contributed by atoms with van der Waals surface area (Å²) in [5.74, 6) is 1.85. The Hall–Kier alpha value is -1.75. The third-order valence-electron chi connectivity index (χ3n) is 3.84. The van der Waals surface area contributed by atoms with Crippen molar-refractivity contribution < 1.29 is 12.8 Å². The van der Waals surface area contributed by atoms with Gasteiger partial charge >= 0.3 is 0 Å². The van der Waals surface area contributed by atoms with Gasteiger partial charge in [-0.15, -0.1) is 0 Å². The summed E-state index contributed by atoms with van der Waals surface area (Å²) in [6, 6.07) is 9.57. The molecule has 0 fully saturated rings. The second kappa shape index (κ2) is 6.40. The van der Waals surface area contributed by atoms with Crippen molar-refractivity contribution in [3.63, 3.8) is 0 Å². The molecule has 0 aliphatic carbocycles. The standard InChI is InChI=1S/C18H25NO3S/c1-13-9-16(14(2)22-13)11-19-17-8-6-7-15(10-17)12-23(20,21)18(3,4)5/h6-10,19H,11-12H2,1-5H3. The number of benzene rings is 1. The summed E-state index contributed by atoms with van der Waals surface area (Å²) in [5.41, 5.74) is 2.81. The molecule has 0 amide bonds. The van der Waals surface area contributed by atoms with E-state index in [2.05, 4.69) is 5.32 Å². The average Bonchev–Trinajstić information content (AvgIpc) is 2.73. The average molecular weight is 335 g/mol. The molecule has 0 bridgehead atoms. The number of furan rings is 1. The van der Waals surface area contributed by atoms with Crippen molar-refractivity contribution in [2.45, 2.75) is 51.7 Å². The molecule has 2 rings (SSSR count). The zero-order valence-electron chi connectivity index (χ0n) is 14.4. The molecule has 5 heteroatoms. The highest BCUT2D eigenvalue weighted by Crippen LogP contribution is 2.22. The molecule has 0 unspecified atom stereocenters. The predicted octanol–water partition coefficient (Wildman–Crippen LogP) is 4.22. The van der Waals surface area contributed by atoms with Crippen LogP contribution in [0.25, 0.3) is 0 Å². The number of aryl methyl sites for hydroxylation is 2. The maximum Gasteiger partial charge on any atom is 0.159 e. The van der Waals surface area contributed by atoms with Gasteiger partial charge in [-0.3, -0.25) is 0 Å². The molecule has 0 aliphatic heterocycles. The molecule has 1 heterocycles. The summed E-state index contributed by atoms with van der Waals surface area (Å²) in [6.07, 6.45) is 0. The van der Waals surface area contributed by atoms with E-state index in [0.717, 1.165) is 28.3 Å². The smallest absolute Gasteiger partial charge is 0.159 e. The molecule has 0 spiro atoms. The fraction of sp³-hybridized carbons (Fsp3) is 0.444. The highest BCUT2D eigenvalue weighted by Gasteiger charge is 2.28. The lowest BCUT2D eigenvalue weighted by Crippen LogP contribution is -2.29. The Balaban J connectivity index is 2.10. The van der Waals surface area contributed by atoms with E-state index in [0.29, 0.717) is 6.54 Å². The van der Waals surface area contributed by atoms with Crippen LogP contribution in [0.15, 0.2) is 34.7 Å². The molecule has 0 radical (unpaired) electrons. The topological polar surface area (TPSA) is 59.3 Å². The van der Waals surface area contributed by atoms with Crippen LogP contribution in [0.1, 0.15) is 43.4 Å². The number of rotatable bonds is 5. The zero-order chi connectivity index (χ0) is 17.3. The Bertz CT molecular complexity index is 783. The summed E-state index contributed by atoms with van der Waals surface area (Å²) in [5, 5.41) is 3.33. The molecular formula is C18H25NO3S. The summed E-state index contributed by atoms with van der Waals surface area (Å²) in [4.78, 5) is 0. The third kappa shape index (κ3) is 4.38. The molecule has 126 valence electrons. The molecule has 4 nitrogen and oxygen atoms in total. The fourth-order valence-electron chi connectivity index (χ4n) is 2.26. The molecule has 0 saturated carbocycles. The van der Waals surface area contributed by atoms with Gasteiger partial charge in [0.1, 0.15) is 11.5 Å². The van der Waals surface area contributed by atoms with Crippen LogP contribution < -0.4 is 5.32 Å². The first-order valence-corrected chi connectivity index (χ1v) is 9.35. The molecule has 1 aromatic carbocycles. The van der Waals surface area contributed by atoms with Crippen LogP contribution in [0.4, 0.5) is 5.69 Å². The lowest BCUT2D eigenvalue weighted by Gasteiger charge is -2.19. The van der Waals surface area contributed by atoms with E-state index < -0.39 is 14.6 Å². The first kappa shape index (κ1) is 17.6. The van der Waals surface area contributed by atoms with Crippen LogP contribution in [0, 0.1) is 13.8 Å². The normalized spacial score (nSPS) is 12.4. The fourth-order valence-corrected chi connectivity index (χ4v) is 3.31. The van der Waals surface area contributed by atoms with Gasteiger partial charge in [-0.25, -0.2) is 8.42 Å². The van der Waals surface area contributed by atoms with Crippen LogP contribution in [0.5, 0.6) is 0 Å². The minimum absolute atomic E-state index is 0.0515. The maximum atomic E-state index is 12.3. The lowest BCUT2D eigenvalue weighted by molar-refractivity contribution is 0.501. The highest BCUT2D eigenvalue weighted by atomic mass is 32.2. The van der Waals surface area contributed by atoms with Gasteiger partial charge < -0.3 is 9.73 Å². The van der Waals surface area contributed by atoms with Gasteiger partial charge in [-0.1, -0.05) is 12.1 Å². The third-order valence-corrected chi connectivity index (χ3v) is 6.42. The second-order valence-corrected chi connectivity index (χ2v) is 9.61. The van der Waals surface area contributed by atoms with Gasteiger partial charge in [0.05, 0.1) is 10.5 Å². The molecule has 0 aliphatic rings. The lowest BCUT2D eigenvalue weighted by atomic mass is 10.2. The first-order chi connectivity index (χ1) is 10.6. The van der Waals surface area contributed by atoms with E-state index in [-0.39, 0.29) is 5.75 Å². The largest absolute Gasteiger partial charge is 0.466 e. The monoisotopic (exact) mass is 335 g/mol. The number of sulfone groups is 1. The quantitative estimate of drug-likeness (QED) is 0.888. The molecular weight excluding hydrogens is 310 g/mol. The Morgan fingerprint density at radius 1 is 1.13 bits per heavy atom. The Labute approximate surface area is 138 Å². The van der Waals surface area contributed by atoms with Gasteiger partial charge in [0.15, 0.2) is 9.84 Å². The Kier molecular flexibility index (Phi) is 4.90. The van der Waals surface area contributed by atoms with Gasteiger partial charge in [0.25, 0.3) is 0 Å². The number of hydrogen-bond acceptors (Lipinski definition) is 4. The van der Waals surface area contributed by atoms with E-state index in [1.165, 1.54) is 0 Å². The van der Waals surface area contributed by atoms with Gasteiger partial charge in [0, 0.05) is 17.8 Å². The highest BCUT2D eigenvalue weighted by molar-refractivity contribution is 7.91. The van der Waals surface area contributed by atoms with Crippen molar-refractivity contribution in [3.8, 4) is 0 Å². The van der Waals surface area contributed by atoms with E-state index in [9.17, 15) is 8.42 Å². The molecule has 23 heavy (non-hydrogen) atoms. The second-order valence-electron chi connectivity index (χ2n) is 6.86. The summed E-state index contributed by atoms with van der Waals surface area (Å²) in [6.45, 7) is 9.71. The van der Waals surface area contributed by atoms with Crippen LogP contribution in [0.3, 0.4) is 0 Å². The Morgan fingerprint density at radius 2 is 1.83 bits per heavy atom. The van der Waals surface area contributed by atoms with E-state index in [4.69, 9.17) is 4.42 Å². The number of hydrogen-bond donors (Lipinski definition) is 1. The van der Waals surface area contributed by atoms with Crippen molar-refractivity contribution in [1.82, 2.24) is 0 Å². The minimum atomic E-state index is -3.18. The number of nitrogens with one attached hydrogen (secondary N) is 1. The molecule has 2 aromatic rings. The molecule has 1 N–H and O–H groups in total. The predicted molar refractivity (Wildman–Crippen MR) is 94.3 cm³/mol. The zero-order valence-corrected chi connectivity index (χ0v) is 15.3. The minimum Gasteiger partial charge on any atom is -0.466 e. The van der Waals surface area contributed by atoms with Crippen molar-refractivity contribution >= 4 is 15.5 Å². The van der Waals surface area contributed by atoms with E-state index in [1.54, 1.807) is 20.8 Å². The molecule has 0 atom stereocenters. The maximum absolute atomic E-state index is 12.3. The van der Waals surface area contributed by atoms with Gasteiger partial charge in [-0.05, 0) is 58.4 Å². The van der Waals surface area contributed by atoms with Crippen LogP contribution in [-0.2, 0) is 22.1 Å². The van der Waals surface area contributed by atoms with Crippen molar-refractivity contribution in [2.75, 3.05) is 5.32 Å². The summed E-state index contributed by atoms with van der Waals surface area (Å²) < 4.78 is 29.4. The van der Waals surface area contributed by atoms with Gasteiger partial charge in [0.2, 0.25) is 0 Å². The molecule has 1 aromatic heterocycles. The summed E-state index contributed by atoms with van der Waals surface area (Å²) in [7, 11) is -3.18. The number of anilines is 1. The van der Waals surface area contributed by atoms with Crippen molar-refractivity contribution in [1.29, 1.82) is 0 Å². The van der Waals surface area contributed by atoms with Crippen molar-refractivity contribution in [2.24, 2.45) is 0 Å². The SMILES string of the molecule is Cc1cc(CNc2cccc(CS(=O)(=O)C(C)(C)C)c2)c(C)o1. The van der Waals surface area contributed by atoms with Crippen molar-refractivity contribution in [3.05, 3.63) is 53.0 Å². The Morgan fingerprint density at radius 3 is 2.39 bits per heavy atom. The van der Waals surface area contributed by atoms with Crippen LogP contribution in [-0.4, -0.2) is 13.2 Å². The summed E-state index contributed by atoms with van der Waals surface area (Å²) >= 11 is 0. The van der Waals surface area contributed by atoms with Gasteiger partial charge in [-0.2, -0.15) is 0 Å². The van der Waals surface area contributed by atoms with Crippen LogP contribution in [0.2, 0.25) is 0 Å². The first-order valence-electron chi connectivity index (χ1n) is 7.69. The molecule has 0 saturated heterocycles. The van der Waals surface area contributed by atoms with E-state index in [1.807, 2.05) is 44.2 Å². The van der Waals surface area contributed by atoms with E-state index >= 15 is 0 Å². The van der Waals surface area contributed by atoms with Crippen LogP contribution >= 0.6 is 0 Å².